The predicted molar refractivity (Wildman–Crippen MR) is 79.9 cm³/mol. The molecule has 0 aliphatic rings. The van der Waals surface area contributed by atoms with Gasteiger partial charge in [0.2, 0.25) is 0 Å². The lowest BCUT2D eigenvalue weighted by Crippen LogP contribution is -2.08. The van der Waals surface area contributed by atoms with Gasteiger partial charge in [0.25, 0.3) is 6.43 Å². The van der Waals surface area contributed by atoms with E-state index in [4.69, 9.17) is 0 Å². The van der Waals surface area contributed by atoms with Crippen LogP contribution in [-0.2, 0) is 20.1 Å². The summed E-state index contributed by atoms with van der Waals surface area (Å²) in [6.07, 6.45) is 2.78. The zero-order chi connectivity index (χ0) is 15.5. The smallest absolute Gasteiger partial charge is 0.257 e. The molecule has 6 nitrogen and oxygen atoms in total. The van der Waals surface area contributed by atoms with Crippen LogP contribution in [0.1, 0.15) is 5.01 Å². The molecule has 3 heterocycles. The van der Waals surface area contributed by atoms with Crippen LogP contribution in [0.2, 0.25) is 0 Å². The first-order valence-electron chi connectivity index (χ1n) is 6.59. The lowest BCUT2D eigenvalue weighted by molar-refractivity contribution is 0.122. The molecule has 9 heteroatoms. The average molecular weight is 324 g/mol. The number of halogens is 2. The maximum absolute atomic E-state index is 12.2. The summed E-state index contributed by atoms with van der Waals surface area (Å²) >= 11 is 1.53. The largest absolute Gasteiger partial charge is 0.362 e. The van der Waals surface area contributed by atoms with Gasteiger partial charge in [-0.2, -0.15) is 10.2 Å². The fourth-order valence-electron chi connectivity index (χ4n) is 1.94. The molecule has 3 aromatic rings. The van der Waals surface area contributed by atoms with Crippen molar-refractivity contribution in [3.05, 3.63) is 35.0 Å². The minimum Gasteiger partial charge on any atom is -0.362 e. The van der Waals surface area contributed by atoms with E-state index in [-0.39, 0.29) is 0 Å². The van der Waals surface area contributed by atoms with E-state index in [1.54, 1.807) is 16.9 Å². The van der Waals surface area contributed by atoms with Crippen LogP contribution in [0.3, 0.4) is 0 Å². The highest BCUT2D eigenvalue weighted by Crippen LogP contribution is 2.21. The van der Waals surface area contributed by atoms with Crippen LogP contribution in [0.15, 0.2) is 30.0 Å². The van der Waals surface area contributed by atoms with Crippen molar-refractivity contribution < 1.29 is 8.78 Å². The molecule has 0 amide bonds. The van der Waals surface area contributed by atoms with Gasteiger partial charge < -0.3 is 5.32 Å². The molecule has 0 unspecified atom stereocenters. The summed E-state index contributed by atoms with van der Waals surface area (Å²) in [6.45, 7) is 0.0979. The second-order valence-corrected chi connectivity index (χ2v) is 5.64. The molecule has 22 heavy (non-hydrogen) atoms. The second-order valence-electron chi connectivity index (χ2n) is 4.70. The van der Waals surface area contributed by atoms with Crippen LogP contribution in [-0.4, -0.2) is 31.0 Å². The first-order chi connectivity index (χ1) is 10.6. The molecule has 0 atom stereocenters. The van der Waals surface area contributed by atoms with E-state index in [0.29, 0.717) is 12.4 Å². The molecule has 0 saturated carbocycles. The van der Waals surface area contributed by atoms with Crippen molar-refractivity contribution >= 4 is 17.2 Å². The SMILES string of the molecule is Cn1cc(-c2csc(CNc3ccn(CC(F)F)n3)n2)cn1. The average Bonchev–Trinajstić information content (AvgIpc) is 3.16. The van der Waals surface area contributed by atoms with Gasteiger partial charge in [0, 0.05) is 36.5 Å². The van der Waals surface area contributed by atoms with E-state index in [1.165, 1.54) is 22.2 Å². The fraction of sp³-hybridized carbons (Fsp3) is 0.308. The molecule has 1 N–H and O–H groups in total. The third-order valence-corrected chi connectivity index (χ3v) is 3.79. The molecule has 0 spiro atoms. The maximum Gasteiger partial charge on any atom is 0.257 e. The van der Waals surface area contributed by atoms with E-state index in [1.807, 2.05) is 18.6 Å². The number of thiazole rings is 1. The van der Waals surface area contributed by atoms with E-state index in [0.717, 1.165) is 16.3 Å². The minimum absolute atomic E-state index is 0.399. The molecule has 0 aliphatic heterocycles. The number of rotatable bonds is 6. The number of hydrogen-bond donors (Lipinski definition) is 1. The summed E-state index contributed by atoms with van der Waals surface area (Å²) in [5.74, 6) is 0.554. The predicted octanol–water partition coefficient (Wildman–Crippen LogP) is 2.62. The Morgan fingerprint density at radius 2 is 2.27 bits per heavy atom. The maximum atomic E-state index is 12.2. The number of hydrogen-bond acceptors (Lipinski definition) is 5. The van der Waals surface area contributed by atoms with Gasteiger partial charge >= 0.3 is 0 Å². The van der Waals surface area contributed by atoms with Crippen molar-refractivity contribution in [3.8, 4) is 11.3 Å². The molecule has 0 saturated heterocycles. The normalized spacial score (nSPS) is 11.3. The Kier molecular flexibility index (Phi) is 4.14. The van der Waals surface area contributed by atoms with Crippen LogP contribution in [0, 0.1) is 0 Å². The van der Waals surface area contributed by atoms with Crippen LogP contribution >= 0.6 is 11.3 Å². The van der Waals surface area contributed by atoms with Crippen molar-refractivity contribution in [3.63, 3.8) is 0 Å². The van der Waals surface area contributed by atoms with Crippen LogP contribution in [0.25, 0.3) is 11.3 Å². The van der Waals surface area contributed by atoms with Crippen LogP contribution in [0.4, 0.5) is 14.6 Å². The van der Waals surface area contributed by atoms with Crippen molar-refractivity contribution in [2.75, 3.05) is 5.32 Å². The standard InChI is InChI=1S/C13H14F2N6S/c1-20-6-9(4-17-20)10-8-22-13(18-10)5-16-12-2-3-21(19-12)7-11(14)15/h2-4,6,8,11H,5,7H2,1H3,(H,16,19). The van der Waals surface area contributed by atoms with Gasteiger partial charge in [-0.3, -0.25) is 9.36 Å². The summed E-state index contributed by atoms with van der Waals surface area (Å²) in [4.78, 5) is 4.51. The van der Waals surface area contributed by atoms with Crippen molar-refractivity contribution in [2.45, 2.75) is 19.5 Å². The summed E-state index contributed by atoms with van der Waals surface area (Å²) in [5, 5.41) is 14.1. The van der Waals surface area contributed by atoms with Gasteiger partial charge in [0.05, 0.1) is 18.4 Å². The first kappa shape index (κ1) is 14.6. The molecule has 0 aliphatic carbocycles. The number of aromatic nitrogens is 5. The topological polar surface area (TPSA) is 60.6 Å². The second kappa shape index (κ2) is 6.22. The summed E-state index contributed by atoms with van der Waals surface area (Å²) in [7, 11) is 1.86. The molecule has 0 bridgehead atoms. The van der Waals surface area contributed by atoms with Gasteiger partial charge in [0.15, 0.2) is 0 Å². The molecular weight excluding hydrogens is 310 g/mol. The quantitative estimate of drug-likeness (QED) is 0.757. The molecule has 0 fully saturated rings. The highest BCUT2D eigenvalue weighted by atomic mass is 32.1. The Morgan fingerprint density at radius 1 is 1.41 bits per heavy atom. The number of alkyl halides is 2. The third kappa shape index (κ3) is 3.48. The van der Waals surface area contributed by atoms with Gasteiger partial charge in [-0.25, -0.2) is 13.8 Å². The lowest BCUT2D eigenvalue weighted by Gasteiger charge is -2.00. The molecule has 0 radical (unpaired) electrons. The lowest BCUT2D eigenvalue weighted by atomic mass is 10.3. The number of nitrogens with one attached hydrogen (secondary N) is 1. The summed E-state index contributed by atoms with van der Waals surface area (Å²) in [6, 6.07) is 1.66. The first-order valence-corrected chi connectivity index (χ1v) is 7.47. The molecular formula is C13H14F2N6S. The van der Waals surface area contributed by atoms with Gasteiger partial charge in [0.1, 0.15) is 17.4 Å². The van der Waals surface area contributed by atoms with E-state index in [9.17, 15) is 8.78 Å². The Balaban J connectivity index is 1.60. The number of aryl methyl sites for hydroxylation is 1. The molecule has 116 valence electrons. The highest BCUT2D eigenvalue weighted by molar-refractivity contribution is 7.09. The number of nitrogens with zero attached hydrogens (tertiary/aromatic N) is 5. The molecule has 0 aromatic carbocycles. The van der Waals surface area contributed by atoms with Gasteiger partial charge in [-0.1, -0.05) is 0 Å². The third-order valence-electron chi connectivity index (χ3n) is 2.94. The summed E-state index contributed by atoms with van der Waals surface area (Å²) in [5.41, 5.74) is 1.84. The molecule has 3 rings (SSSR count). The molecule has 3 aromatic heterocycles. The Hall–Kier alpha value is -2.29. The van der Waals surface area contributed by atoms with Crippen molar-refractivity contribution in [1.82, 2.24) is 24.5 Å². The van der Waals surface area contributed by atoms with E-state index >= 15 is 0 Å². The van der Waals surface area contributed by atoms with E-state index < -0.39 is 13.0 Å². The number of anilines is 1. The summed E-state index contributed by atoms with van der Waals surface area (Å²) < 4.78 is 27.4. The van der Waals surface area contributed by atoms with Crippen LogP contribution in [0.5, 0.6) is 0 Å². The van der Waals surface area contributed by atoms with Gasteiger partial charge in [-0.05, 0) is 0 Å². The zero-order valence-corrected chi connectivity index (χ0v) is 12.6. The Bertz CT molecular complexity index is 747. The Labute approximate surface area is 129 Å². The fourth-order valence-corrected chi connectivity index (χ4v) is 2.69. The Morgan fingerprint density at radius 3 is 3.00 bits per heavy atom. The highest BCUT2D eigenvalue weighted by Gasteiger charge is 2.08. The van der Waals surface area contributed by atoms with Crippen LogP contribution < -0.4 is 5.32 Å². The van der Waals surface area contributed by atoms with Crippen molar-refractivity contribution in [1.29, 1.82) is 0 Å². The van der Waals surface area contributed by atoms with Crippen molar-refractivity contribution in [2.24, 2.45) is 7.05 Å². The zero-order valence-electron chi connectivity index (χ0n) is 11.8. The minimum atomic E-state index is -2.41. The monoisotopic (exact) mass is 324 g/mol. The van der Waals surface area contributed by atoms with E-state index in [2.05, 4.69) is 20.5 Å². The van der Waals surface area contributed by atoms with Gasteiger partial charge in [-0.15, -0.1) is 11.3 Å².